The lowest BCUT2D eigenvalue weighted by Gasteiger charge is -2.10. The highest BCUT2D eigenvalue weighted by Crippen LogP contribution is 2.30. The van der Waals surface area contributed by atoms with E-state index in [-0.39, 0.29) is 16.5 Å². The Labute approximate surface area is 181 Å². The predicted molar refractivity (Wildman–Crippen MR) is 108 cm³/mol. The van der Waals surface area contributed by atoms with Crippen molar-refractivity contribution in [2.75, 3.05) is 23.0 Å². The summed E-state index contributed by atoms with van der Waals surface area (Å²) in [4.78, 5) is 34.5. The molecule has 0 radical (unpaired) electrons. The lowest BCUT2D eigenvalue weighted by atomic mass is 10.2. The van der Waals surface area contributed by atoms with Gasteiger partial charge in [0.25, 0.3) is 5.91 Å². The third-order valence-corrected chi connectivity index (χ3v) is 5.68. The predicted octanol–water partition coefficient (Wildman–Crippen LogP) is 3.01. The first-order chi connectivity index (χ1) is 14.9. The molecule has 2 aromatic carbocycles. The second kappa shape index (κ2) is 10.3. The van der Waals surface area contributed by atoms with Crippen LogP contribution >= 0.6 is 0 Å². The fraction of sp³-hybridized carbons (Fsp3) is 0.250. The van der Waals surface area contributed by atoms with Gasteiger partial charge in [0.15, 0.2) is 16.4 Å². The number of hydrogen-bond donors (Lipinski definition) is 2. The standard InChI is InChI=1S/C20H19F3N2O6S/c1-13(26)24-15-5-7-17(8-6-15)32(29,30)10-9-19(28)31-12-18(27)25-16-4-2-3-14(11-16)20(21,22)23/h2-8,11H,9-10,12H2,1H3,(H,24,26)(H,25,27). The van der Waals surface area contributed by atoms with E-state index in [1.165, 1.54) is 37.3 Å². The van der Waals surface area contributed by atoms with Crippen LogP contribution in [0.2, 0.25) is 0 Å². The summed E-state index contributed by atoms with van der Waals surface area (Å²) in [6, 6.07) is 9.24. The molecule has 172 valence electrons. The zero-order chi connectivity index (χ0) is 23.9. The number of amides is 2. The summed E-state index contributed by atoms with van der Waals surface area (Å²) < 4.78 is 67.3. The van der Waals surface area contributed by atoms with E-state index in [0.717, 1.165) is 18.2 Å². The molecule has 32 heavy (non-hydrogen) atoms. The molecule has 2 amide bonds. The van der Waals surface area contributed by atoms with E-state index in [1.54, 1.807) is 0 Å². The molecule has 0 atom stereocenters. The summed E-state index contributed by atoms with van der Waals surface area (Å²) in [6.45, 7) is 0.511. The molecule has 2 N–H and O–H groups in total. The third kappa shape index (κ3) is 7.69. The highest BCUT2D eigenvalue weighted by molar-refractivity contribution is 7.91. The lowest BCUT2D eigenvalue weighted by Crippen LogP contribution is -2.22. The van der Waals surface area contributed by atoms with Crippen molar-refractivity contribution in [3.05, 3.63) is 54.1 Å². The van der Waals surface area contributed by atoms with Crippen molar-refractivity contribution < 1.29 is 40.7 Å². The number of ether oxygens (including phenoxy) is 1. The molecule has 0 fully saturated rings. The number of sulfone groups is 1. The molecule has 0 saturated heterocycles. The quantitative estimate of drug-likeness (QED) is 0.570. The molecule has 0 aliphatic carbocycles. The Kier molecular flexibility index (Phi) is 7.97. The average molecular weight is 472 g/mol. The minimum absolute atomic E-state index is 0.0679. The number of alkyl halides is 3. The zero-order valence-corrected chi connectivity index (χ0v) is 17.5. The molecule has 8 nitrogen and oxygen atoms in total. The number of carbonyl (C=O) groups excluding carboxylic acids is 3. The Morgan fingerprint density at radius 1 is 0.969 bits per heavy atom. The highest BCUT2D eigenvalue weighted by atomic mass is 32.2. The maximum atomic E-state index is 12.7. The number of nitrogens with one attached hydrogen (secondary N) is 2. The van der Waals surface area contributed by atoms with Gasteiger partial charge >= 0.3 is 12.1 Å². The van der Waals surface area contributed by atoms with Gasteiger partial charge in [-0.15, -0.1) is 0 Å². The van der Waals surface area contributed by atoms with Gasteiger partial charge in [-0.2, -0.15) is 13.2 Å². The molecule has 12 heteroatoms. The second-order valence-electron chi connectivity index (χ2n) is 6.56. The van der Waals surface area contributed by atoms with Crippen molar-refractivity contribution in [3.8, 4) is 0 Å². The van der Waals surface area contributed by atoms with Crippen LogP contribution in [0.1, 0.15) is 18.9 Å². The fourth-order valence-electron chi connectivity index (χ4n) is 2.47. The molecule has 0 spiro atoms. The van der Waals surface area contributed by atoms with Gasteiger partial charge in [-0.25, -0.2) is 8.42 Å². The Hall–Kier alpha value is -3.41. The number of benzene rings is 2. The zero-order valence-electron chi connectivity index (χ0n) is 16.7. The van der Waals surface area contributed by atoms with Crippen LogP contribution in [0.3, 0.4) is 0 Å². The smallest absolute Gasteiger partial charge is 0.416 e. The number of anilines is 2. The van der Waals surface area contributed by atoms with Crippen LogP contribution in [0.5, 0.6) is 0 Å². The number of halogens is 3. The SMILES string of the molecule is CC(=O)Nc1ccc(S(=O)(=O)CCC(=O)OCC(=O)Nc2cccc(C(F)(F)F)c2)cc1. The van der Waals surface area contributed by atoms with Gasteiger partial charge in [0, 0.05) is 18.3 Å². The minimum atomic E-state index is -4.58. The van der Waals surface area contributed by atoms with Crippen molar-refractivity contribution >= 4 is 39.0 Å². The maximum Gasteiger partial charge on any atom is 0.416 e. The average Bonchev–Trinajstić information content (AvgIpc) is 2.70. The third-order valence-electron chi connectivity index (χ3n) is 3.95. The van der Waals surface area contributed by atoms with Gasteiger partial charge in [0.1, 0.15) is 0 Å². The van der Waals surface area contributed by atoms with Crippen LogP contribution in [0.4, 0.5) is 24.5 Å². The fourth-order valence-corrected chi connectivity index (χ4v) is 3.69. The summed E-state index contributed by atoms with van der Waals surface area (Å²) in [5, 5.41) is 4.65. The summed E-state index contributed by atoms with van der Waals surface area (Å²) in [7, 11) is -3.83. The van der Waals surface area contributed by atoms with Crippen LogP contribution in [0.25, 0.3) is 0 Å². The van der Waals surface area contributed by atoms with Crippen molar-refractivity contribution in [2.45, 2.75) is 24.4 Å². The second-order valence-corrected chi connectivity index (χ2v) is 8.67. The Balaban J connectivity index is 1.83. The first-order valence-electron chi connectivity index (χ1n) is 9.10. The maximum absolute atomic E-state index is 12.7. The first-order valence-corrected chi connectivity index (χ1v) is 10.8. The van der Waals surface area contributed by atoms with Crippen molar-refractivity contribution in [1.82, 2.24) is 0 Å². The van der Waals surface area contributed by atoms with Gasteiger partial charge in [-0.3, -0.25) is 14.4 Å². The minimum Gasteiger partial charge on any atom is -0.456 e. The molecule has 0 unspecified atom stereocenters. The van der Waals surface area contributed by atoms with Crippen molar-refractivity contribution in [3.63, 3.8) is 0 Å². The van der Waals surface area contributed by atoms with Gasteiger partial charge < -0.3 is 15.4 Å². The van der Waals surface area contributed by atoms with Crippen molar-refractivity contribution in [2.24, 2.45) is 0 Å². The topological polar surface area (TPSA) is 119 Å². The molecule has 2 aromatic rings. The van der Waals surface area contributed by atoms with Gasteiger partial charge in [-0.1, -0.05) is 6.07 Å². The Morgan fingerprint density at radius 2 is 1.62 bits per heavy atom. The van der Waals surface area contributed by atoms with E-state index in [2.05, 4.69) is 15.4 Å². The Bertz CT molecular complexity index is 1100. The van der Waals surface area contributed by atoms with E-state index >= 15 is 0 Å². The van der Waals surface area contributed by atoms with E-state index in [9.17, 15) is 36.0 Å². The molecule has 0 saturated carbocycles. The molecule has 0 heterocycles. The van der Waals surface area contributed by atoms with Crippen molar-refractivity contribution in [1.29, 1.82) is 0 Å². The van der Waals surface area contributed by atoms with Crippen LogP contribution in [-0.2, 0) is 35.1 Å². The van der Waals surface area contributed by atoms with Crippen LogP contribution in [0.15, 0.2) is 53.4 Å². The number of hydrogen-bond acceptors (Lipinski definition) is 6. The number of rotatable bonds is 8. The van der Waals surface area contributed by atoms with Gasteiger partial charge in [-0.05, 0) is 42.5 Å². The molecular weight excluding hydrogens is 453 g/mol. The van der Waals surface area contributed by atoms with Gasteiger partial charge in [0.05, 0.1) is 22.6 Å². The highest BCUT2D eigenvalue weighted by Gasteiger charge is 2.30. The molecule has 0 aliphatic heterocycles. The Morgan fingerprint density at radius 3 is 2.22 bits per heavy atom. The largest absolute Gasteiger partial charge is 0.456 e. The molecule has 2 rings (SSSR count). The van der Waals surface area contributed by atoms with Crippen LogP contribution in [-0.4, -0.2) is 38.6 Å². The normalized spacial score (nSPS) is 11.5. The summed E-state index contributed by atoms with van der Waals surface area (Å²) in [5.74, 6) is -2.75. The number of carbonyl (C=O) groups is 3. The van der Waals surface area contributed by atoms with Crippen LogP contribution < -0.4 is 10.6 Å². The number of esters is 1. The van der Waals surface area contributed by atoms with Gasteiger partial charge in [0.2, 0.25) is 5.91 Å². The summed E-state index contributed by atoms with van der Waals surface area (Å²) in [5.41, 5.74) is -0.684. The summed E-state index contributed by atoms with van der Waals surface area (Å²) >= 11 is 0. The van der Waals surface area contributed by atoms with E-state index in [0.29, 0.717) is 5.69 Å². The van der Waals surface area contributed by atoms with Crippen LogP contribution in [0, 0.1) is 0 Å². The monoisotopic (exact) mass is 472 g/mol. The lowest BCUT2D eigenvalue weighted by molar-refractivity contribution is -0.146. The molecular formula is C20H19F3N2O6S. The van der Waals surface area contributed by atoms with E-state index < -0.39 is 52.2 Å². The summed E-state index contributed by atoms with van der Waals surface area (Å²) in [6.07, 6.45) is -5.12. The van der Waals surface area contributed by atoms with E-state index in [4.69, 9.17) is 0 Å². The molecule has 0 aliphatic rings. The molecule has 0 bridgehead atoms. The molecule has 0 aromatic heterocycles. The van der Waals surface area contributed by atoms with E-state index in [1.807, 2.05) is 0 Å². The first kappa shape index (κ1) is 24.9.